The van der Waals surface area contributed by atoms with Crippen molar-refractivity contribution < 1.29 is 4.42 Å². The summed E-state index contributed by atoms with van der Waals surface area (Å²) in [5, 5.41) is 5.31. The lowest BCUT2D eigenvalue weighted by molar-refractivity contribution is 0.670. The summed E-state index contributed by atoms with van der Waals surface area (Å²) < 4.78 is 8.87. The molecule has 0 saturated carbocycles. The Hall–Kier alpha value is -4.47. The van der Waals surface area contributed by atoms with Crippen LogP contribution in [0.2, 0.25) is 0 Å². The summed E-state index contributed by atoms with van der Waals surface area (Å²) in [5.41, 5.74) is 9.36. The molecule has 0 saturated heterocycles. The van der Waals surface area contributed by atoms with Crippen LogP contribution in [-0.4, -0.2) is 9.82 Å². The number of benzene rings is 5. The predicted molar refractivity (Wildman–Crippen MR) is 164 cm³/mol. The summed E-state index contributed by atoms with van der Waals surface area (Å²) in [5.74, 6) is 0.396. The Morgan fingerprint density at radius 2 is 1.44 bits per heavy atom. The highest BCUT2D eigenvalue weighted by molar-refractivity contribution is 8.00. The predicted octanol–water partition coefficient (Wildman–Crippen LogP) is 10.0. The second-order valence-corrected chi connectivity index (χ2v) is 11.7. The molecule has 184 valence electrons. The minimum Gasteiger partial charge on any atom is -0.455 e. The van der Waals surface area contributed by atoms with Gasteiger partial charge in [-0.2, -0.15) is 0 Å². The van der Waals surface area contributed by atoms with Crippen LogP contribution in [0.15, 0.2) is 137 Å². The van der Waals surface area contributed by atoms with E-state index in [1.165, 1.54) is 43.5 Å². The maximum absolute atomic E-state index is 6.39. The Kier molecular flexibility index (Phi) is 4.41. The lowest BCUT2D eigenvalue weighted by Gasteiger charge is -2.19. The molecule has 1 aliphatic heterocycles. The van der Waals surface area contributed by atoms with Gasteiger partial charge in [-0.05, 0) is 47.5 Å². The molecular formula is C36H23NOS. The molecule has 3 heteroatoms. The van der Waals surface area contributed by atoms with Crippen molar-refractivity contribution in [3.05, 3.63) is 133 Å². The Labute approximate surface area is 229 Å². The Morgan fingerprint density at radius 3 is 2.41 bits per heavy atom. The number of nitrogens with zero attached hydrogens (tertiary/aromatic N) is 1. The van der Waals surface area contributed by atoms with Crippen LogP contribution in [0.25, 0.3) is 60.6 Å². The van der Waals surface area contributed by atoms with Crippen molar-refractivity contribution in [1.82, 2.24) is 4.57 Å². The van der Waals surface area contributed by atoms with Crippen molar-refractivity contribution in [1.29, 1.82) is 0 Å². The zero-order valence-electron chi connectivity index (χ0n) is 21.0. The van der Waals surface area contributed by atoms with E-state index < -0.39 is 0 Å². The molecule has 0 spiro atoms. The summed E-state index contributed by atoms with van der Waals surface area (Å²) in [6, 6.07) is 37.3. The van der Waals surface area contributed by atoms with E-state index in [0.29, 0.717) is 11.2 Å². The Balaban J connectivity index is 1.31. The van der Waals surface area contributed by atoms with Gasteiger partial charge in [0.15, 0.2) is 0 Å². The molecule has 2 nitrogen and oxygen atoms in total. The molecule has 2 atom stereocenters. The second kappa shape index (κ2) is 8.02. The number of fused-ring (bicyclic) bond motifs is 9. The van der Waals surface area contributed by atoms with Crippen LogP contribution in [0.3, 0.4) is 0 Å². The molecular weight excluding hydrogens is 494 g/mol. The van der Waals surface area contributed by atoms with Crippen molar-refractivity contribution in [3.8, 4) is 16.8 Å². The van der Waals surface area contributed by atoms with Gasteiger partial charge in [0.25, 0.3) is 0 Å². The first-order valence-corrected chi connectivity index (χ1v) is 14.3. The fourth-order valence-electron chi connectivity index (χ4n) is 6.65. The van der Waals surface area contributed by atoms with Gasteiger partial charge in [0.05, 0.1) is 16.7 Å². The van der Waals surface area contributed by atoms with Gasteiger partial charge in [0.1, 0.15) is 11.2 Å². The molecule has 2 unspecified atom stereocenters. The first-order chi connectivity index (χ1) is 19.3. The zero-order valence-corrected chi connectivity index (χ0v) is 21.9. The number of aromatic nitrogens is 1. The number of thioether (sulfide) groups is 1. The molecule has 0 bridgehead atoms. The van der Waals surface area contributed by atoms with E-state index in [1.54, 1.807) is 0 Å². The summed E-state index contributed by atoms with van der Waals surface area (Å²) in [4.78, 5) is 1.39. The molecule has 5 aromatic carbocycles. The van der Waals surface area contributed by atoms with Gasteiger partial charge in [-0.3, -0.25) is 0 Å². The molecule has 2 aliphatic rings. The largest absolute Gasteiger partial charge is 0.455 e. The summed E-state index contributed by atoms with van der Waals surface area (Å²) in [6.45, 7) is 0. The van der Waals surface area contributed by atoms with Crippen molar-refractivity contribution in [2.75, 3.05) is 0 Å². The number of hydrogen-bond acceptors (Lipinski definition) is 2. The third-order valence-electron chi connectivity index (χ3n) is 8.35. The zero-order chi connectivity index (χ0) is 25.5. The van der Waals surface area contributed by atoms with Gasteiger partial charge in [-0.25, -0.2) is 0 Å². The fraction of sp³-hybridized carbons (Fsp3) is 0.0556. The third-order valence-corrected chi connectivity index (χ3v) is 9.69. The molecule has 9 rings (SSSR count). The molecule has 39 heavy (non-hydrogen) atoms. The van der Waals surface area contributed by atoms with Gasteiger partial charge < -0.3 is 8.98 Å². The molecule has 3 heterocycles. The Bertz CT molecular complexity index is 2180. The van der Waals surface area contributed by atoms with Gasteiger partial charge >= 0.3 is 0 Å². The highest BCUT2D eigenvalue weighted by Crippen LogP contribution is 2.51. The van der Waals surface area contributed by atoms with E-state index in [4.69, 9.17) is 4.42 Å². The minimum atomic E-state index is 0.396. The third kappa shape index (κ3) is 2.99. The number of furan rings is 1. The van der Waals surface area contributed by atoms with Crippen molar-refractivity contribution >= 4 is 55.5 Å². The number of hydrogen-bond donors (Lipinski definition) is 0. The van der Waals surface area contributed by atoms with E-state index in [-0.39, 0.29) is 0 Å². The van der Waals surface area contributed by atoms with E-state index in [9.17, 15) is 0 Å². The standard InChI is InChI=1S/C36H23NOS/c1-4-14-29-24(9-1)28-21-22(23-12-7-13-26-25-10-2-5-16-32(25)38-36(23)26)19-20-30(28)37(29)31-15-8-18-34-35(31)27-11-3-6-17-33(27)39-34/h1-21,27,33H. The average molecular weight is 518 g/mol. The maximum atomic E-state index is 6.39. The smallest absolute Gasteiger partial charge is 0.143 e. The molecule has 0 N–H and O–H groups in total. The average Bonchev–Trinajstić information content (AvgIpc) is 3.66. The number of rotatable bonds is 2. The molecule has 2 aromatic heterocycles. The Morgan fingerprint density at radius 1 is 0.641 bits per heavy atom. The van der Waals surface area contributed by atoms with Crippen molar-refractivity contribution in [2.24, 2.45) is 0 Å². The van der Waals surface area contributed by atoms with Gasteiger partial charge in [-0.1, -0.05) is 91.0 Å². The van der Waals surface area contributed by atoms with Crippen LogP contribution in [0.5, 0.6) is 0 Å². The highest BCUT2D eigenvalue weighted by atomic mass is 32.2. The highest BCUT2D eigenvalue weighted by Gasteiger charge is 2.34. The quantitative estimate of drug-likeness (QED) is 0.227. The lowest BCUT2D eigenvalue weighted by Crippen LogP contribution is -2.09. The molecule has 1 aliphatic carbocycles. The first kappa shape index (κ1) is 21.5. The monoisotopic (exact) mass is 517 g/mol. The summed E-state index contributed by atoms with van der Waals surface area (Å²) in [6.07, 6.45) is 9.09. The first-order valence-electron chi connectivity index (χ1n) is 13.4. The van der Waals surface area contributed by atoms with Crippen molar-refractivity contribution in [2.45, 2.75) is 16.1 Å². The van der Waals surface area contributed by atoms with Crippen LogP contribution in [0, 0.1) is 0 Å². The second-order valence-electron chi connectivity index (χ2n) is 10.4. The van der Waals surface area contributed by atoms with Gasteiger partial charge in [-0.15, -0.1) is 11.8 Å². The van der Waals surface area contributed by atoms with Crippen LogP contribution in [-0.2, 0) is 0 Å². The number of para-hydroxylation sites is 3. The van der Waals surface area contributed by atoms with Crippen LogP contribution >= 0.6 is 11.8 Å². The minimum absolute atomic E-state index is 0.396. The molecule has 7 aromatic rings. The molecule has 0 radical (unpaired) electrons. The van der Waals surface area contributed by atoms with Crippen LogP contribution in [0.1, 0.15) is 11.5 Å². The normalized spacial score (nSPS) is 17.9. The van der Waals surface area contributed by atoms with Gasteiger partial charge in [0, 0.05) is 43.2 Å². The van der Waals surface area contributed by atoms with Crippen LogP contribution in [0.4, 0.5) is 0 Å². The number of allylic oxidation sites excluding steroid dienone is 3. The molecule has 0 amide bonds. The van der Waals surface area contributed by atoms with E-state index in [0.717, 1.165) is 27.5 Å². The van der Waals surface area contributed by atoms with E-state index in [2.05, 4.69) is 120 Å². The lowest BCUT2D eigenvalue weighted by atomic mass is 9.91. The maximum Gasteiger partial charge on any atom is 0.143 e. The molecule has 0 fully saturated rings. The topological polar surface area (TPSA) is 18.1 Å². The van der Waals surface area contributed by atoms with E-state index in [1.807, 2.05) is 23.9 Å². The fourth-order valence-corrected chi connectivity index (χ4v) is 8.01. The SMILES string of the molecule is C1=CC2Sc3cccc(-n4c5ccccc5c5cc(-c6cccc7c6oc6ccccc67)ccc54)c3C2C=C1. The summed E-state index contributed by atoms with van der Waals surface area (Å²) in [7, 11) is 0. The van der Waals surface area contributed by atoms with Crippen molar-refractivity contribution in [3.63, 3.8) is 0 Å². The van der Waals surface area contributed by atoms with Crippen LogP contribution < -0.4 is 0 Å². The van der Waals surface area contributed by atoms with Gasteiger partial charge in [0.2, 0.25) is 0 Å². The van der Waals surface area contributed by atoms with E-state index >= 15 is 0 Å². The summed E-state index contributed by atoms with van der Waals surface area (Å²) >= 11 is 1.98.